The average molecular weight is 254 g/mol. The van der Waals surface area contributed by atoms with Crippen molar-refractivity contribution in [3.63, 3.8) is 0 Å². The molecule has 0 unspecified atom stereocenters. The first-order valence-electron chi connectivity index (χ1n) is 4.87. The highest BCUT2D eigenvalue weighted by molar-refractivity contribution is 5.90. The van der Waals surface area contributed by atoms with Crippen LogP contribution in [0.3, 0.4) is 0 Å². The Hall–Kier alpha value is -2.64. The van der Waals surface area contributed by atoms with Crippen molar-refractivity contribution in [3.8, 4) is 0 Å². The van der Waals surface area contributed by atoms with Gasteiger partial charge in [-0.1, -0.05) is 0 Å². The highest BCUT2D eigenvalue weighted by Gasteiger charge is 2.02. The molecule has 0 amide bonds. The maximum absolute atomic E-state index is 11.2. The summed E-state index contributed by atoms with van der Waals surface area (Å²) in [4.78, 5) is 47.3. The zero-order chi connectivity index (χ0) is 13.5. The predicted molar refractivity (Wildman–Crippen MR) is 59.1 cm³/mol. The number of carbonyl (C=O) groups is 2. The molecule has 8 heteroatoms. The van der Waals surface area contributed by atoms with E-state index in [1.807, 2.05) is 4.98 Å². The van der Waals surface area contributed by atoms with Crippen molar-refractivity contribution in [2.24, 2.45) is 0 Å². The fourth-order valence-corrected chi connectivity index (χ4v) is 1.07. The van der Waals surface area contributed by atoms with Crippen LogP contribution in [-0.2, 0) is 20.7 Å². The first-order valence-corrected chi connectivity index (χ1v) is 4.87. The lowest BCUT2D eigenvalue weighted by Gasteiger charge is -2.00. The van der Waals surface area contributed by atoms with Crippen molar-refractivity contribution in [3.05, 3.63) is 44.8 Å². The van der Waals surface area contributed by atoms with Crippen LogP contribution in [0.4, 0.5) is 0 Å². The number of carboxylic acids is 1. The zero-order valence-corrected chi connectivity index (χ0v) is 9.13. The Morgan fingerprint density at radius 2 is 2.06 bits per heavy atom. The third-order valence-corrected chi connectivity index (χ3v) is 1.87. The van der Waals surface area contributed by atoms with Gasteiger partial charge in [0.2, 0.25) is 0 Å². The third kappa shape index (κ3) is 4.47. The quantitative estimate of drug-likeness (QED) is 0.446. The van der Waals surface area contributed by atoms with Gasteiger partial charge < -0.3 is 14.8 Å². The molecule has 8 nitrogen and oxygen atoms in total. The summed E-state index contributed by atoms with van der Waals surface area (Å²) in [5.74, 6) is -2.08. The van der Waals surface area contributed by atoms with Crippen LogP contribution in [0.2, 0.25) is 0 Å². The molecule has 0 aromatic carbocycles. The Balaban J connectivity index is 2.47. The number of hydrogen-bond donors (Lipinski definition) is 3. The molecule has 96 valence electrons. The highest BCUT2D eigenvalue weighted by Crippen LogP contribution is 1.90. The normalized spacial score (nSPS) is 10.4. The van der Waals surface area contributed by atoms with E-state index in [-0.39, 0.29) is 18.6 Å². The lowest BCUT2D eigenvalue weighted by Crippen LogP contribution is -2.25. The van der Waals surface area contributed by atoms with E-state index in [1.165, 1.54) is 6.20 Å². The molecule has 0 atom stereocenters. The van der Waals surface area contributed by atoms with Crippen molar-refractivity contribution in [2.45, 2.75) is 6.42 Å². The van der Waals surface area contributed by atoms with Crippen LogP contribution in [0, 0.1) is 0 Å². The minimum Gasteiger partial charge on any atom is -0.478 e. The fraction of sp³-hybridized carbons (Fsp3) is 0.200. The molecule has 18 heavy (non-hydrogen) atoms. The lowest BCUT2D eigenvalue weighted by molar-refractivity contribution is -0.138. The lowest BCUT2D eigenvalue weighted by atomic mass is 10.2. The third-order valence-electron chi connectivity index (χ3n) is 1.87. The van der Waals surface area contributed by atoms with Crippen molar-refractivity contribution < 1.29 is 19.4 Å². The van der Waals surface area contributed by atoms with Gasteiger partial charge in [-0.25, -0.2) is 14.4 Å². The van der Waals surface area contributed by atoms with Crippen LogP contribution in [0.5, 0.6) is 0 Å². The van der Waals surface area contributed by atoms with E-state index in [2.05, 4.69) is 9.72 Å². The van der Waals surface area contributed by atoms with Gasteiger partial charge in [0.15, 0.2) is 0 Å². The highest BCUT2D eigenvalue weighted by atomic mass is 16.5. The molecular formula is C10H10N2O6. The monoisotopic (exact) mass is 254 g/mol. The van der Waals surface area contributed by atoms with Crippen LogP contribution in [0.25, 0.3) is 0 Å². The number of aliphatic carboxylic acids is 1. The number of rotatable bonds is 5. The topological polar surface area (TPSA) is 129 Å². The van der Waals surface area contributed by atoms with E-state index in [4.69, 9.17) is 5.11 Å². The number of hydrogen-bond acceptors (Lipinski definition) is 5. The van der Waals surface area contributed by atoms with Gasteiger partial charge in [-0.3, -0.25) is 9.78 Å². The molecular weight excluding hydrogens is 244 g/mol. The Morgan fingerprint density at radius 3 is 2.67 bits per heavy atom. The van der Waals surface area contributed by atoms with Crippen LogP contribution < -0.4 is 11.2 Å². The van der Waals surface area contributed by atoms with Gasteiger partial charge in [0.05, 0.1) is 6.61 Å². The molecule has 0 saturated heterocycles. The molecule has 0 fully saturated rings. The number of ether oxygens (including phenoxy) is 1. The van der Waals surface area contributed by atoms with Crippen molar-refractivity contribution >= 4 is 11.9 Å². The number of carbonyl (C=O) groups excluding carboxylic acids is 1. The molecule has 0 bridgehead atoms. The SMILES string of the molecule is O=C(O)/C=C/C(=O)OCCc1c[nH]c(=O)[nH]c1=O. The summed E-state index contributed by atoms with van der Waals surface area (Å²) in [6.45, 7) is -0.0993. The number of nitrogens with one attached hydrogen (secondary N) is 2. The number of esters is 1. The molecule has 3 N–H and O–H groups in total. The molecule has 0 spiro atoms. The van der Waals surface area contributed by atoms with Gasteiger partial charge in [0.1, 0.15) is 0 Å². The summed E-state index contributed by atoms with van der Waals surface area (Å²) in [5.41, 5.74) is -0.925. The molecule has 1 rings (SSSR count). The first kappa shape index (κ1) is 13.4. The van der Waals surface area contributed by atoms with Gasteiger partial charge in [-0.2, -0.15) is 0 Å². The van der Waals surface area contributed by atoms with Crippen LogP contribution >= 0.6 is 0 Å². The number of H-pyrrole nitrogens is 2. The van der Waals surface area contributed by atoms with Crippen molar-refractivity contribution in [1.82, 2.24) is 9.97 Å². The smallest absolute Gasteiger partial charge is 0.331 e. The second kappa shape index (κ2) is 6.18. The summed E-state index contributed by atoms with van der Waals surface area (Å²) in [6.07, 6.45) is 2.75. The Labute approximate surface area is 99.9 Å². The van der Waals surface area contributed by atoms with Crippen LogP contribution in [0.1, 0.15) is 5.56 Å². The van der Waals surface area contributed by atoms with E-state index in [1.54, 1.807) is 0 Å². The molecule has 0 aliphatic rings. The summed E-state index contributed by atoms with van der Waals surface area (Å²) in [6, 6.07) is 0. The Kier molecular flexibility index (Phi) is 4.61. The van der Waals surface area contributed by atoms with E-state index < -0.39 is 23.2 Å². The van der Waals surface area contributed by atoms with Gasteiger partial charge in [0, 0.05) is 30.3 Å². The average Bonchev–Trinajstić information content (AvgIpc) is 2.29. The standard InChI is InChI=1S/C10H10N2O6/c13-7(14)1-2-8(15)18-4-3-6-5-11-10(17)12-9(6)16/h1-2,5H,3-4H2,(H,13,14)(H2,11,12,16,17)/b2-1+. The largest absolute Gasteiger partial charge is 0.478 e. The van der Waals surface area contributed by atoms with E-state index >= 15 is 0 Å². The molecule has 0 aliphatic heterocycles. The van der Waals surface area contributed by atoms with Crippen LogP contribution in [0.15, 0.2) is 27.9 Å². The molecule has 0 saturated carbocycles. The predicted octanol–water partition coefficient (Wildman–Crippen LogP) is -1.21. The van der Waals surface area contributed by atoms with Gasteiger partial charge in [0.25, 0.3) is 5.56 Å². The number of carboxylic acid groups (broad SMARTS) is 1. The molecule has 0 aliphatic carbocycles. The van der Waals surface area contributed by atoms with Gasteiger partial charge in [-0.15, -0.1) is 0 Å². The van der Waals surface area contributed by atoms with Crippen molar-refractivity contribution in [1.29, 1.82) is 0 Å². The molecule has 1 aromatic heterocycles. The number of aromatic amines is 2. The van der Waals surface area contributed by atoms with Gasteiger partial charge >= 0.3 is 17.6 Å². The minimum atomic E-state index is -1.26. The maximum Gasteiger partial charge on any atom is 0.331 e. The van der Waals surface area contributed by atoms with Gasteiger partial charge in [-0.05, 0) is 0 Å². The van der Waals surface area contributed by atoms with Crippen LogP contribution in [-0.4, -0.2) is 33.6 Å². The summed E-state index contributed by atoms with van der Waals surface area (Å²) in [7, 11) is 0. The molecule has 1 aromatic rings. The zero-order valence-electron chi connectivity index (χ0n) is 9.13. The second-order valence-corrected chi connectivity index (χ2v) is 3.19. The van der Waals surface area contributed by atoms with E-state index in [0.717, 1.165) is 6.08 Å². The fourth-order valence-electron chi connectivity index (χ4n) is 1.07. The van der Waals surface area contributed by atoms with Crippen molar-refractivity contribution in [2.75, 3.05) is 6.61 Å². The number of aromatic nitrogens is 2. The Bertz CT molecular complexity index is 583. The van der Waals surface area contributed by atoms with E-state index in [9.17, 15) is 19.2 Å². The molecule has 0 radical (unpaired) electrons. The Morgan fingerprint density at radius 1 is 1.33 bits per heavy atom. The van der Waals surface area contributed by atoms with E-state index in [0.29, 0.717) is 6.08 Å². The summed E-state index contributed by atoms with van der Waals surface area (Å²) in [5, 5.41) is 8.25. The minimum absolute atomic E-state index is 0.0993. The maximum atomic E-state index is 11.2. The molecule has 1 heterocycles. The summed E-state index contributed by atoms with van der Waals surface area (Å²) >= 11 is 0. The second-order valence-electron chi connectivity index (χ2n) is 3.19. The summed E-state index contributed by atoms with van der Waals surface area (Å²) < 4.78 is 4.65. The first-order chi connectivity index (χ1) is 8.49.